The summed E-state index contributed by atoms with van der Waals surface area (Å²) in [6.07, 6.45) is 0. The zero-order valence-corrected chi connectivity index (χ0v) is 13.7. The van der Waals surface area contributed by atoms with Crippen molar-refractivity contribution in [2.24, 2.45) is 21.1 Å². The maximum Gasteiger partial charge on any atom is 0.282 e. The maximum atomic E-state index is 12.0. The molecule has 9 heteroatoms. The highest BCUT2D eigenvalue weighted by Crippen LogP contribution is 2.21. The molecule has 0 saturated carbocycles. The molecular formula is C14H16N6O2S. The van der Waals surface area contributed by atoms with Crippen LogP contribution < -0.4 is 10.6 Å². The molecule has 1 unspecified atom stereocenters. The first kappa shape index (κ1) is 16.7. The van der Waals surface area contributed by atoms with Crippen LogP contribution in [0.1, 0.15) is 13.8 Å². The van der Waals surface area contributed by atoms with E-state index < -0.39 is 11.9 Å². The number of nitrogens with zero attached hydrogens (tertiary/aromatic N) is 5. The minimum atomic E-state index is -0.823. The second-order valence-corrected chi connectivity index (χ2v) is 5.36. The van der Waals surface area contributed by atoms with Crippen molar-refractivity contribution in [2.75, 3.05) is 11.9 Å². The van der Waals surface area contributed by atoms with Crippen molar-refractivity contribution < 1.29 is 9.59 Å². The summed E-state index contributed by atoms with van der Waals surface area (Å²) >= 11 is 4.75. The lowest BCUT2D eigenvalue weighted by Crippen LogP contribution is -2.37. The van der Waals surface area contributed by atoms with Crippen molar-refractivity contribution in [3.63, 3.8) is 0 Å². The van der Waals surface area contributed by atoms with Gasteiger partial charge >= 0.3 is 0 Å². The van der Waals surface area contributed by atoms with Gasteiger partial charge in [-0.3, -0.25) is 9.59 Å². The van der Waals surface area contributed by atoms with E-state index in [1.54, 1.807) is 38.2 Å². The molecule has 0 spiro atoms. The van der Waals surface area contributed by atoms with Crippen molar-refractivity contribution in [1.29, 1.82) is 0 Å². The van der Waals surface area contributed by atoms with E-state index in [1.807, 2.05) is 0 Å². The SMILES string of the molecule is CC(=O)N(C)c1ccc(N=NC2C(=O)N(C(N)=S)N=C2C)cc1. The number of anilines is 1. The lowest BCUT2D eigenvalue weighted by Gasteiger charge is -2.14. The number of amides is 2. The Hall–Kier alpha value is -2.68. The zero-order chi connectivity index (χ0) is 17.1. The minimum Gasteiger partial charge on any atom is -0.374 e. The Balaban J connectivity index is 2.12. The maximum absolute atomic E-state index is 12.0. The first-order valence-corrected chi connectivity index (χ1v) is 7.16. The van der Waals surface area contributed by atoms with Crippen molar-refractivity contribution in [3.8, 4) is 0 Å². The second kappa shape index (κ2) is 6.61. The van der Waals surface area contributed by atoms with Gasteiger partial charge in [-0.1, -0.05) is 0 Å². The lowest BCUT2D eigenvalue weighted by molar-refractivity contribution is -0.126. The minimum absolute atomic E-state index is 0.0689. The van der Waals surface area contributed by atoms with Gasteiger partial charge in [0.05, 0.1) is 11.4 Å². The van der Waals surface area contributed by atoms with E-state index in [-0.39, 0.29) is 11.0 Å². The molecule has 1 atom stereocenters. The molecule has 2 N–H and O–H groups in total. The van der Waals surface area contributed by atoms with Crippen molar-refractivity contribution in [3.05, 3.63) is 24.3 Å². The van der Waals surface area contributed by atoms with Gasteiger partial charge < -0.3 is 10.6 Å². The quantitative estimate of drug-likeness (QED) is 0.670. The molecule has 1 aliphatic rings. The molecule has 120 valence electrons. The summed E-state index contributed by atoms with van der Waals surface area (Å²) in [4.78, 5) is 24.8. The molecule has 0 saturated heterocycles. The third kappa shape index (κ3) is 3.57. The topological polar surface area (TPSA) is 104 Å². The van der Waals surface area contributed by atoms with Gasteiger partial charge in [0.2, 0.25) is 5.91 Å². The van der Waals surface area contributed by atoms with E-state index in [0.717, 1.165) is 10.7 Å². The van der Waals surface area contributed by atoms with Crippen LogP contribution in [-0.4, -0.2) is 40.7 Å². The molecule has 0 radical (unpaired) electrons. The van der Waals surface area contributed by atoms with Gasteiger partial charge in [-0.2, -0.15) is 20.3 Å². The molecule has 2 amide bonds. The van der Waals surface area contributed by atoms with Gasteiger partial charge in [0.1, 0.15) is 0 Å². The van der Waals surface area contributed by atoms with Crippen LogP contribution in [0.5, 0.6) is 0 Å². The number of benzene rings is 1. The molecule has 0 bridgehead atoms. The number of carbonyl (C=O) groups is 2. The Morgan fingerprint density at radius 2 is 2.00 bits per heavy atom. The third-order valence-corrected chi connectivity index (χ3v) is 3.48. The largest absolute Gasteiger partial charge is 0.374 e. The molecule has 1 aliphatic heterocycles. The number of rotatable bonds is 3. The van der Waals surface area contributed by atoms with Crippen LogP contribution in [0.3, 0.4) is 0 Å². The summed E-state index contributed by atoms with van der Waals surface area (Å²) in [5.74, 6) is -0.493. The highest BCUT2D eigenvalue weighted by atomic mass is 32.1. The number of hydrogen-bond acceptors (Lipinski definition) is 6. The predicted molar refractivity (Wildman–Crippen MR) is 90.6 cm³/mol. The van der Waals surface area contributed by atoms with Crippen LogP contribution in [0.2, 0.25) is 0 Å². The first-order valence-electron chi connectivity index (χ1n) is 6.75. The summed E-state index contributed by atoms with van der Waals surface area (Å²) in [5.41, 5.74) is 7.18. The Kier molecular flexibility index (Phi) is 4.80. The number of nitrogens with two attached hydrogens (primary N) is 1. The van der Waals surface area contributed by atoms with E-state index in [4.69, 9.17) is 18.0 Å². The smallest absolute Gasteiger partial charge is 0.282 e. The van der Waals surface area contributed by atoms with E-state index in [1.165, 1.54) is 11.8 Å². The van der Waals surface area contributed by atoms with Gasteiger partial charge in [-0.25, -0.2) is 0 Å². The van der Waals surface area contributed by atoms with Gasteiger partial charge in [0.25, 0.3) is 5.91 Å². The standard InChI is InChI=1S/C14H16N6O2S/c1-8-12(13(22)20(18-8)14(15)23)17-16-10-4-6-11(7-5-10)19(3)9(2)21/h4-7,12H,1-3H3,(H2,15,23). The van der Waals surface area contributed by atoms with Crippen LogP contribution in [0.4, 0.5) is 11.4 Å². The molecule has 1 heterocycles. The molecular weight excluding hydrogens is 316 g/mol. The molecule has 23 heavy (non-hydrogen) atoms. The molecule has 2 rings (SSSR count). The van der Waals surface area contributed by atoms with E-state index in [2.05, 4.69) is 15.3 Å². The lowest BCUT2D eigenvalue weighted by atomic mass is 10.2. The molecule has 8 nitrogen and oxygen atoms in total. The van der Waals surface area contributed by atoms with Crippen LogP contribution in [0.25, 0.3) is 0 Å². The Morgan fingerprint density at radius 3 is 2.48 bits per heavy atom. The predicted octanol–water partition coefficient (Wildman–Crippen LogP) is 1.58. The van der Waals surface area contributed by atoms with Crippen molar-refractivity contribution in [2.45, 2.75) is 19.9 Å². The molecule has 1 aromatic carbocycles. The first-order chi connectivity index (χ1) is 10.8. The van der Waals surface area contributed by atoms with Crippen LogP contribution >= 0.6 is 12.2 Å². The monoisotopic (exact) mass is 332 g/mol. The Morgan fingerprint density at radius 1 is 1.39 bits per heavy atom. The van der Waals surface area contributed by atoms with Gasteiger partial charge in [-0.05, 0) is 43.4 Å². The average Bonchev–Trinajstić information content (AvgIpc) is 2.80. The van der Waals surface area contributed by atoms with E-state index >= 15 is 0 Å². The Labute approximate surface area is 138 Å². The molecule has 0 aliphatic carbocycles. The summed E-state index contributed by atoms with van der Waals surface area (Å²) in [6.45, 7) is 3.14. The summed E-state index contributed by atoms with van der Waals surface area (Å²) < 4.78 is 0. The average molecular weight is 332 g/mol. The third-order valence-electron chi connectivity index (χ3n) is 3.30. The van der Waals surface area contributed by atoms with Gasteiger partial charge in [0.15, 0.2) is 11.2 Å². The molecule has 0 fully saturated rings. The van der Waals surface area contributed by atoms with Gasteiger partial charge in [0, 0.05) is 19.7 Å². The number of hydrazone groups is 1. The van der Waals surface area contributed by atoms with Crippen molar-refractivity contribution in [1.82, 2.24) is 5.01 Å². The molecule has 0 aromatic heterocycles. The fourth-order valence-corrected chi connectivity index (χ4v) is 2.03. The summed E-state index contributed by atoms with van der Waals surface area (Å²) in [6, 6.07) is 6.07. The van der Waals surface area contributed by atoms with Crippen LogP contribution in [-0.2, 0) is 9.59 Å². The highest BCUT2D eigenvalue weighted by Gasteiger charge is 2.35. The number of thiocarbonyl (C=S) groups is 1. The molecule has 1 aromatic rings. The summed E-state index contributed by atoms with van der Waals surface area (Å²) in [7, 11) is 1.68. The van der Waals surface area contributed by atoms with Crippen LogP contribution in [0, 0.1) is 0 Å². The number of carbonyl (C=O) groups excluding carboxylic acids is 2. The number of azo groups is 1. The van der Waals surface area contributed by atoms with Crippen molar-refractivity contribution >= 4 is 46.2 Å². The second-order valence-electron chi connectivity index (χ2n) is 4.94. The highest BCUT2D eigenvalue weighted by molar-refractivity contribution is 7.80. The zero-order valence-electron chi connectivity index (χ0n) is 12.9. The Bertz CT molecular complexity index is 712. The fourth-order valence-electron chi connectivity index (χ4n) is 1.90. The fraction of sp³-hybridized carbons (Fsp3) is 0.286. The summed E-state index contributed by atoms with van der Waals surface area (Å²) in [5, 5.41) is 12.8. The van der Waals surface area contributed by atoms with Crippen LogP contribution in [0.15, 0.2) is 39.6 Å². The van der Waals surface area contributed by atoms with E-state index in [0.29, 0.717) is 11.4 Å². The van der Waals surface area contributed by atoms with E-state index in [9.17, 15) is 9.59 Å². The van der Waals surface area contributed by atoms with Gasteiger partial charge in [-0.15, -0.1) is 0 Å². The number of hydrogen-bond donors (Lipinski definition) is 1. The normalized spacial score (nSPS) is 17.5.